The number of carbonyl (C=O) groups is 1. The standard InChI is InChI=1S/C11H18N2O2/c1-7(6-12)13(4)11(14)10-5-8(2)15-9(10)3/h5,7H,6,12H2,1-4H3. The van der Waals surface area contributed by atoms with E-state index in [0.29, 0.717) is 17.9 Å². The van der Waals surface area contributed by atoms with Crippen molar-refractivity contribution >= 4 is 5.91 Å². The molecule has 0 radical (unpaired) electrons. The van der Waals surface area contributed by atoms with Crippen LogP contribution in [0.5, 0.6) is 0 Å². The average molecular weight is 210 g/mol. The topological polar surface area (TPSA) is 59.5 Å². The van der Waals surface area contributed by atoms with E-state index in [9.17, 15) is 4.79 Å². The molecule has 0 aliphatic carbocycles. The van der Waals surface area contributed by atoms with Crippen LogP contribution in [-0.4, -0.2) is 30.4 Å². The molecule has 0 bridgehead atoms. The van der Waals surface area contributed by atoms with Gasteiger partial charge in [0.2, 0.25) is 0 Å². The van der Waals surface area contributed by atoms with Crippen molar-refractivity contribution in [2.24, 2.45) is 5.73 Å². The molecule has 0 saturated carbocycles. The van der Waals surface area contributed by atoms with Gasteiger partial charge in [-0.2, -0.15) is 0 Å². The molecule has 4 nitrogen and oxygen atoms in total. The van der Waals surface area contributed by atoms with Crippen LogP contribution in [0, 0.1) is 13.8 Å². The van der Waals surface area contributed by atoms with Crippen LogP contribution in [0.1, 0.15) is 28.8 Å². The molecule has 1 amide bonds. The summed E-state index contributed by atoms with van der Waals surface area (Å²) in [4.78, 5) is 13.6. The molecule has 0 aliphatic rings. The van der Waals surface area contributed by atoms with Crippen molar-refractivity contribution in [2.75, 3.05) is 13.6 Å². The molecule has 2 N–H and O–H groups in total. The minimum absolute atomic E-state index is 0.0344. The van der Waals surface area contributed by atoms with Crippen molar-refractivity contribution in [3.63, 3.8) is 0 Å². The molecule has 1 aromatic rings. The summed E-state index contributed by atoms with van der Waals surface area (Å²) in [5, 5.41) is 0. The van der Waals surface area contributed by atoms with Gasteiger partial charge in [-0.05, 0) is 26.8 Å². The molecule has 0 fully saturated rings. The van der Waals surface area contributed by atoms with E-state index in [1.165, 1.54) is 0 Å². The maximum atomic E-state index is 12.0. The number of hydrogen-bond acceptors (Lipinski definition) is 3. The first-order chi connectivity index (χ1) is 6.97. The lowest BCUT2D eigenvalue weighted by Crippen LogP contribution is -2.39. The van der Waals surface area contributed by atoms with Gasteiger partial charge in [-0.3, -0.25) is 4.79 Å². The third-order valence-corrected chi connectivity index (χ3v) is 2.59. The Hall–Kier alpha value is -1.29. The fraction of sp³-hybridized carbons (Fsp3) is 0.545. The first kappa shape index (κ1) is 11.8. The lowest BCUT2D eigenvalue weighted by atomic mass is 10.2. The molecule has 4 heteroatoms. The number of carbonyl (C=O) groups excluding carboxylic acids is 1. The molecular weight excluding hydrogens is 192 g/mol. The van der Waals surface area contributed by atoms with Gasteiger partial charge in [-0.1, -0.05) is 0 Å². The van der Waals surface area contributed by atoms with Crippen LogP contribution in [0.4, 0.5) is 0 Å². The molecule has 1 heterocycles. The van der Waals surface area contributed by atoms with Gasteiger partial charge in [0.25, 0.3) is 5.91 Å². The van der Waals surface area contributed by atoms with Crippen LogP contribution in [0.25, 0.3) is 0 Å². The molecule has 0 aliphatic heterocycles. The zero-order chi connectivity index (χ0) is 11.6. The van der Waals surface area contributed by atoms with Gasteiger partial charge in [0.05, 0.1) is 5.56 Å². The van der Waals surface area contributed by atoms with Gasteiger partial charge < -0.3 is 15.1 Å². The van der Waals surface area contributed by atoms with Gasteiger partial charge in [0.1, 0.15) is 11.5 Å². The fourth-order valence-electron chi connectivity index (χ4n) is 1.39. The van der Waals surface area contributed by atoms with Crippen molar-refractivity contribution in [3.05, 3.63) is 23.2 Å². The monoisotopic (exact) mass is 210 g/mol. The third kappa shape index (κ3) is 2.39. The van der Waals surface area contributed by atoms with E-state index >= 15 is 0 Å². The van der Waals surface area contributed by atoms with Crippen LogP contribution < -0.4 is 5.73 Å². The van der Waals surface area contributed by atoms with Crippen LogP contribution in [-0.2, 0) is 0 Å². The van der Waals surface area contributed by atoms with Crippen molar-refractivity contribution in [3.8, 4) is 0 Å². The summed E-state index contributed by atoms with van der Waals surface area (Å²) < 4.78 is 5.32. The number of amides is 1. The van der Waals surface area contributed by atoms with Gasteiger partial charge in [0, 0.05) is 19.6 Å². The molecule has 1 rings (SSSR count). The van der Waals surface area contributed by atoms with Crippen molar-refractivity contribution in [1.82, 2.24) is 4.90 Å². The normalized spacial score (nSPS) is 12.6. The van der Waals surface area contributed by atoms with Crippen molar-refractivity contribution < 1.29 is 9.21 Å². The van der Waals surface area contributed by atoms with E-state index in [1.807, 2.05) is 13.8 Å². The first-order valence-electron chi connectivity index (χ1n) is 5.01. The summed E-state index contributed by atoms with van der Waals surface area (Å²) in [5.74, 6) is 1.38. The second kappa shape index (κ2) is 4.49. The minimum atomic E-state index is -0.0395. The summed E-state index contributed by atoms with van der Waals surface area (Å²) >= 11 is 0. The molecule has 0 spiro atoms. The van der Waals surface area contributed by atoms with E-state index in [1.54, 1.807) is 24.9 Å². The lowest BCUT2D eigenvalue weighted by molar-refractivity contribution is 0.0746. The molecular formula is C11H18N2O2. The molecule has 1 unspecified atom stereocenters. The van der Waals surface area contributed by atoms with E-state index in [-0.39, 0.29) is 11.9 Å². The number of furan rings is 1. The van der Waals surface area contributed by atoms with Crippen molar-refractivity contribution in [2.45, 2.75) is 26.8 Å². The second-order valence-corrected chi connectivity index (χ2v) is 3.83. The summed E-state index contributed by atoms with van der Waals surface area (Å²) in [7, 11) is 1.75. The highest BCUT2D eigenvalue weighted by Crippen LogP contribution is 2.16. The highest BCUT2D eigenvalue weighted by atomic mass is 16.3. The number of nitrogens with zero attached hydrogens (tertiary/aromatic N) is 1. The molecule has 15 heavy (non-hydrogen) atoms. The van der Waals surface area contributed by atoms with E-state index < -0.39 is 0 Å². The molecule has 0 saturated heterocycles. The van der Waals surface area contributed by atoms with Gasteiger partial charge in [-0.15, -0.1) is 0 Å². The highest BCUT2D eigenvalue weighted by molar-refractivity contribution is 5.95. The third-order valence-electron chi connectivity index (χ3n) is 2.59. The van der Waals surface area contributed by atoms with Crippen LogP contribution in [0.15, 0.2) is 10.5 Å². The van der Waals surface area contributed by atoms with E-state index in [0.717, 1.165) is 5.76 Å². The number of aryl methyl sites for hydroxylation is 2. The Morgan fingerprint density at radius 3 is 2.60 bits per heavy atom. The van der Waals surface area contributed by atoms with Crippen LogP contribution >= 0.6 is 0 Å². The minimum Gasteiger partial charge on any atom is -0.466 e. The largest absolute Gasteiger partial charge is 0.466 e. The number of hydrogen-bond donors (Lipinski definition) is 1. The Labute approximate surface area is 90.0 Å². The zero-order valence-electron chi connectivity index (χ0n) is 9.70. The molecule has 84 valence electrons. The van der Waals surface area contributed by atoms with Crippen molar-refractivity contribution in [1.29, 1.82) is 0 Å². The Bertz CT molecular complexity index is 357. The first-order valence-corrected chi connectivity index (χ1v) is 5.01. The highest BCUT2D eigenvalue weighted by Gasteiger charge is 2.20. The maximum absolute atomic E-state index is 12.0. The Morgan fingerprint density at radius 1 is 1.60 bits per heavy atom. The summed E-state index contributed by atoms with van der Waals surface area (Å²) in [5.41, 5.74) is 6.14. The SMILES string of the molecule is Cc1cc(C(=O)N(C)C(C)CN)c(C)o1. The quantitative estimate of drug-likeness (QED) is 0.818. The zero-order valence-corrected chi connectivity index (χ0v) is 9.70. The number of likely N-dealkylation sites (N-methyl/N-ethyl adjacent to an activating group) is 1. The Morgan fingerprint density at radius 2 is 2.20 bits per heavy atom. The van der Waals surface area contributed by atoms with Crippen LogP contribution in [0.2, 0.25) is 0 Å². The second-order valence-electron chi connectivity index (χ2n) is 3.83. The summed E-state index contributed by atoms with van der Waals surface area (Å²) in [6, 6.07) is 1.80. The predicted octanol–water partition coefficient (Wildman–Crippen LogP) is 1.32. The summed E-state index contributed by atoms with van der Waals surface area (Å²) in [6.45, 7) is 6.00. The number of rotatable bonds is 3. The lowest BCUT2D eigenvalue weighted by Gasteiger charge is -2.23. The molecule has 0 aromatic carbocycles. The van der Waals surface area contributed by atoms with E-state index in [4.69, 9.17) is 10.2 Å². The number of nitrogens with two attached hydrogens (primary N) is 1. The van der Waals surface area contributed by atoms with Gasteiger partial charge in [-0.25, -0.2) is 0 Å². The Kier molecular flexibility index (Phi) is 3.52. The smallest absolute Gasteiger partial charge is 0.257 e. The van der Waals surface area contributed by atoms with Gasteiger partial charge in [0.15, 0.2) is 0 Å². The summed E-state index contributed by atoms with van der Waals surface area (Å²) in [6.07, 6.45) is 0. The predicted molar refractivity (Wildman–Crippen MR) is 58.8 cm³/mol. The Balaban J connectivity index is 2.89. The van der Waals surface area contributed by atoms with Crippen LogP contribution in [0.3, 0.4) is 0 Å². The van der Waals surface area contributed by atoms with E-state index in [2.05, 4.69) is 0 Å². The fourth-order valence-corrected chi connectivity index (χ4v) is 1.39. The maximum Gasteiger partial charge on any atom is 0.257 e. The molecule has 1 atom stereocenters. The molecule has 1 aromatic heterocycles. The van der Waals surface area contributed by atoms with Gasteiger partial charge >= 0.3 is 0 Å². The average Bonchev–Trinajstić information content (AvgIpc) is 2.54.